The minimum Gasteiger partial charge on any atom is -0.504 e. The predicted octanol–water partition coefficient (Wildman–Crippen LogP) is 5.22. The summed E-state index contributed by atoms with van der Waals surface area (Å²) >= 11 is 0. The monoisotopic (exact) mass is 590 g/mol. The van der Waals surface area contributed by atoms with Crippen molar-refractivity contribution in [3.63, 3.8) is 0 Å². The Labute approximate surface area is 255 Å². The minimum absolute atomic E-state index is 0.0825. The molecule has 4 amide bonds. The number of benzene rings is 3. The van der Waals surface area contributed by atoms with Gasteiger partial charge in [-0.2, -0.15) is 0 Å². The Morgan fingerprint density at radius 3 is 2.27 bits per heavy atom. The summed E-state index contributed by atoms with van der Waals surface area (Å²) < 4.78 is 5.72. The number of hydrogen-bond acceptors (Lipinski definition) is 6. The summed E-state index contributed by atoms with van der Waals surface area (Å²) in [6, 6.07) is 23.5. The number of amides is 4. The van der Waals surface area contributed by atoms with E-state index in [9.17, 15) is 24.3 Å². The molecule has 1 N–H and O–H groups in total. The minimum atomic E-state index is -1.24. The number of carbonyl (C=O) groups excluding carboxylic acids is 4. The molecule has 1 saturated carbocycles. The smallest absolute Gasteiger partial charge is 0.241 e. The largest absolute Gasteiger partial charge is 0.504 e. The molecule has 8 heteroatoms. The highest BCUT2D eigenvalue weighted by molar-refractivity contribution is 6.24. The van der Waals surface area contributed by atoms with Gasteiger partial charge in [-0.25, -0.2) is 4.90 Å². The van der Waals surface area contributed by atoms with Crippen LogP contribution in [0.5, 0.6) is 11.5 Å². The van der Waals surface area contributed by atoms with Gasteiger partial charge >= 0.3 is 0 Å². The van der Waals surface area contributed by atoms with E-state index in [1.54, 1.807) is 42.5 Å². The molecule has 3 aromatic rings. The topological polar surface area (TPSA) is 104 Å². The second-order valence-corrected chi connectivity index (χ2v) is 12.4. The molecular formula is C36H34N2O6. The number of para-hydroxylation sites is 2. The third kappa shape index (κ3) is 3.96. The Kier molecular flexibility index (Phi) is 6.68. The standard InChI is InChI=1S/C36H34N2O6/c1-3-44-28-16-10-15-25(31(28)39)30-23-17-18-24-29(34(42)37(32(24)40)20-21-11-6-4-7-12-21)26(23)19-27-33(41)38(35(43)36(27,30)2)22-13-8-5-9-14-22/h4-17,24,26-27,29-30,39H,3,18-20H2,1-2H3/t24-,26+,27-,29-,30+,36+/m0/s1. The number of aromatic hydroxyl groups is 1. The lowest BCUT2D eigenvalue weighted by Crippen LogP contribution is -2.48. The predicted molar refractivity (Wildman–Crippen MR) is 162 cm³/mol. The maximum atomic E-state index is 14.5. The molecule has 7 rings (SSSR count). The van der Waals surface area contributed by atoms with Gasteiger partial charge in [0.15, 0.2) is 11.5 Å². The summed E-state index contributed by atoms with van der Waals surface area (Å²) in [6.45, 7) is 4.16. The fraction of sp³-hybridized carbons (Fsp3) is 0.333. The molecule has 3 fully saturated rings. The van der Waals surface area contributed by atoms with Crippen molar-refractivity contribution in [1.29, 1.82) is 0 Å². The zero-order valence-corrected chi connectivity index (χ0v) is 24.7. The average molecular weight is 591 g/mol. The Balaban J connectivity index is 1.36. The van der Waals surface area contributed by atoms with Gasteiger partial charge in [-0.1, -0.05) is 72.3 Å². The van der Waals surface area contributed by atoms with Crippen LogP contribution in [-0.2, 0) is 25.7 Å². The first kappa shape index (κ1) is 28.1. The fourth-order valence-corrected chi connectivity index (χ4v) is 8.21. The molecule has 224 valence electrons. The highest BCUT2D eigenvalue weighted by Gasteiger charge is 2.68. The zero-order valence-electron chi connectivity index (χ0n) is 24.7. The zero-order chi connectivity index (χ0) is 30.7. The lowest BCUT2D eigenvalue weighted by molar-refractivity contribution is -0.141. The number of phenols is 1. The first-order chi connectivity index (χ1) is 21.3. The molecule has 3 aromatic carbocycles. The number of nitrogens with zero attached hydrogens (tertiary/aromatic N) is 2. The van der Waals surface area contributed by atoms with Gasteiger partial charge in [-0.15, -0.1) is 0 Å². The Hall–Kier alpha value is -4.72. The molecule has 0 aromatic heterocycles. The van der Waals surface area contributed by atoms with Crippen LogP contribution in [0.25, 0.3) is 0 Å². The number of fused-ring (bicyclic) bond motifs is 4. The maximum Gasteiger partial charge on any atom is 0.241 e. The van der Waals surface area contributed by atoms with E-state index in [0.29, 0.717) is 30.0 Å². The second kappa shape index (κ2) is 10.5. The molecule has 2 aliphatic heterocycles. The van der Waals surface area contributed by atoms with Gasteiger partial charge in [0.2, 0.25) is 23.6 Å². The van der Waals surface area contributed by atoms with Crippen molar-refractivity contribution in [3.05, 3.63) is 102 Å². The van der Waals surface area contributed by atoms with Crippen LogP contribution in [0.4, 0.5) is 5.69 Å². The van der Waals surface area contributed by atoms with E-state index in [1.807, 2.05) is 56.3 Å². The Morgan fingerprint density at radius 1 is 0.864 bits per heavy atom. The number of carbonyl (C=O) groups is 4. The molecule has 2 saturated heterocycles. The number of allylic oxidation sites excluding steroid dienone is 2. The van der Waals surface area contributed by atoms with E-state index >= 15 is 0 Å². The van der Waals surface area contributed by atoms with Crippen molar-refractivity contribution in [1.82, 2.24) is 4.90 Å². The highest BCUT2D eigenvalue weighted by atomic mass is 16.5. The number of rotatable bonds is 6. The van der Waals surface area contributed by atoms with E-state index in [-0.39, 0.29) is 42.3 Å². The molecular weight excluding hydrogens is 556 g/mol. The first-order valence-corrected chi connectivity index (χ1v) is 15.2. The molecule has 0 radical (unpaired) electrons. The summed E-state index contributed by atoms with van der Waals surface area (Å²) in [5.41, 5.74) is 1.42. The maximum absolute atomic E-state index is 14.5. The van der Waals surface area contributed by atoms with Crippen molar-refractivity contribution in [3.8, 4) is 11.5 Å². The van der Waals surface area contributed by atoms with E-state index < -0.39 is 35.0 Å². The summed E-state index contributed by atoms with van der Waals surface area (Å²) in [7, 11) is 0. The number of imide groups is 2. The van der Waals surface area contributed by atoms with Crippen LogP contribution in [0.15, 0.2) is 90.5 Å². The second-order valence-electron chi connectivity index (χ2n) is 12.4. The normalized spacial score (nSPS) is 29.3. The molecule has 0 spiro atoms. The van der Waals surface area contributed by atoms with Gasteiger partial charge in [0.05, 0.1) is 42.0 Å². The first-order valence-electron chi connectivity index (χ1n) is 15.2. The molecule has 0 bridgehead atoms. The SMILES string of the molecule is CCOc1cccc([C@H]2C3=CC[C@@H]4C(=O)N(Cc5ccccc5)C(=O)[C@@H]4[C@@H]3C[C@H]3C(=O)N(c4ccccc4)C(=O)[C@@]23C)c1O. The van der Waals surface area contributed by atoms with Gasteiger partial charge in [0, 0.05) is 11.5 Å². The van der Waals surface area contributed by atoms with Crippen LogP contribution in [0.3, 0.4) is 0 Å². The lowest BCUT2D eigenvalue weighted by Gasteiger charge is -2.49. The molecule has 2 heterocycles. The van der Waals surface area contributed by atoms with Gasteiger partial charge in [-0.05, 0) is 56.4 Å². The van der Waals surface area contributed by atoms with Crippen molar-refractivity contribution < 1.29 is 29.0 Å². The average Bonchev–Trinajstić information content (AvgIpc) is 3.39. The Bertz CT molecular complexity index is 1700. The van der Waals surface area contributed by atoms with Crippen LogP contribution < -0.4 is 9.64 Å². The van der Waals surface area contributed by atoms with Crippen LogP contribution in [0.2, 0.25) is 0 Å². The number of phenolic OH excluding ortho intramolecular Hbond substituents is 1. The molecule has 44 heavy (non-hydrogen) atoms. The molecule has 6 atom stereocenters. The van der Waals surface area contributed by atoms with Gasteiger partial charge < -0.3 is 9.84 Å². The molecule has 4 aliphatic rings. The van der Waals surface area contributed by atoms with E-state index in [0.717, 1.165) is 11.1 Å². The summed E-state index contributed by atoms with van der Waals surface area (Å²) in [5.74, 6) is -4.01. The van der Waals surface area contributed by atoms with Crippen LogP contribution in [0.1, 0.15) is 43.7 Å². The summed E-state index contributed by atoms with van der Waals surface area (Å²) in [5, 5.41) is 11.5. The van der Waals surface area contributed by atoms with Crippen molar-refractivity contribution >= 4 is 29.3 Å². The lowest BCUT2D eigenvalue weighted by atomic mass is 9.51. The highest BCUT2D eigenvalue weighted by Crippen LogP contribution is 2.64. The Morgan fingerprint density at radius 2 is 1.57 bits per heavy atom. The van der Waals surface area contributed by atoms with Crippen molar-refractivity contribution in [2.45, 2.75) is 39.2 Å². The quantitative estimate of drug-likeness (QED) is 0.312. The molecule has 8 nitrogen and oxygen atoms in total. The van der Waals surface area contributed by atoms with Crippen LogP contribution >= 0.6 is 0 Å². The molecule has 2 aliphatic carbocycles. The van der Waals surface area contributed by atoms with Crippen molar-refractivity contribution in [2.75, 3.05) is 11.5 Å². The number of likely N-dealkylation sites (tertiary alicyclic amines) is 1. The summed E-state index contributed by atoms with van der Waals surface area (Å²) in [4.78, 5) is 59.1. The van der Waals surface area contributed by atoms with Gasteiger partial charge in [-0.3, -0.25) is 24.1 Å². The van der Waals surface area contributed by atoms with E-state index in [1.165, 1.54) is 9.80 Å². The third-order valence-electron chi connectivity index (χ3n) is 10.2. The van der Waals surface area contributed by atoms with E-state index in [4.69, 9.17) is 4.74 Å². The third-order valence-corrected chi connectivity index (χ3v) is 10.2. The summed E-state index contributed by atoms with van der Waals surface area (Å²) in [6.07, 6.45) is 2.60. The van der Waals surface area contributed by atoms with Gasteiger partial charge in [0.1, 0.15) is 0 Å². The number of anilines is 1. The fourth-order valence-electron chi connectivity index (χ4n) is 8.21. The number of ether oxygens (including phenoxy) is 1. The van der Waals surface area contributed by atoms with Crippen LogP contribution in [0, 0.1) is 29.1 Å². The molecule has 0 unspecified atom stereocenters. The number of hydrogen-bond donors (Lipinski definition) is 1. The van der Waals surface area contributed by atoms with Gasteiger partial charge in [0.25, 0.3) is 0 Å². The van der Waals surface area contributed by atoms with Crippen LogP contribution in [-0.4, -0.2) is 40.2 Å². The van der Waals surface area contributed by atoms with Crippen molar-refractivity contribution in [2.24, 2.45) is 29.1 Å². The van der Waals surface area contributed by atoms with E-state index in [2.05, 4.69) is 0 Å².